The number of anilines is 1. The van der Waals surface area contributed by atoms with Crippen molar-refractivity contribution in [3.8, 4) is 0 Å². The molecule has 0 spiro atoms. The predicted molar refractivity (Wildman–Crippen MR) is 90.8 cm³/mol. The van der Waals surface area contributed by atoms with E-state index in [1.165, 1.54) is 12.1 Å². The Labute approximate surface area is 146 Å². The predicted octanol–water partition coefficient (Wildman–Crippen LogP) is 0.251. The zero-order valence-electron chi connectivity index (χ0n) is 14.0. The van der Waals surface area contributed by atoms with Crippen LogP contribution in [-0.2, 0) is 4.79 Å². The highest BCUT2D eigenvalue weighted by Crippen LogP contribution is 2.22. The van der Waals surface area contributed by atoms with Gasteiger partial charge in [0.15, 0.2) is 0 Å². The van der Waals surface area contributed by atoms with Crippen molar-refractivity contribution in [1.29, 1.82) is 0 Å². The monoisotopic (exact) mass is 350 g/mol. The zero-order valence-corrected chi connectivity index (χ0v) is 14.0. The quantitative estimate of drug-likeness (QED) is 0.816. The van der Waals surface area contributed by atoms with E-state index in [-0.39, 0.29) is 36.8 Å². The average Bonchev–Trinajstić information content (AvgIpc) is 2.97. The molecule has 2 heterocycles. The summed E-state index contributed by atoms with van der Waals surface area (Å²) in [4.78, 5) is 30.0. The van der Waals surface area contributed by atoms with Gasteiger partial charge in [-0.1, -0.05) is 0 Å². The highest BCUT2D eigenvalue weighted by molar-refractivity contribution is 5.96. The number of carbonyl (C=O) groups is 2. The number of nitrogens with zero attached hydrogens (tertiary/aromatic N) is 3. The molecule has 0 aliphatic carbocycles. The Balaban J connectivity index is 1.51. The second kappa shape index (κ2) is 7.79. The fourth-order valence-corrected chi connectivity index (χ4v) is 3.26. The van der Waals surface area contributed by atoms with E-state index in [9.17, 15) is 14.0 Å². The van der Waals surface area contributed by atoms with Gasteiger partial charge in [0.25, 0.3) is 0 Å². The number of rotatable bonds is 4. The van der Waals surface area contributed by atoms with E-state index < -0.39 is 0 Å². The Morgan fingerprint density at radius 2 is 1.88 bits per heavy atom. The number of nitrogens with one attached hydrogen (secondary N) is 1. The minimum absolute atomic E-state index is 0.0790. The normalized spacial score (nSPS) is 21.7. The summed E-state index contributed by atoms with van der Waals surface area (Å²) in [6.45, 7) is 3.82. The molecule has 1 atom stereocenters. The molecule has 0 radical (unpaired) electrons. The number of β-amino-alcohol motifs (C(OH)–C–C–N with tert-alkyl or cyclic N) is 1. The van der Waals surface area contributed by atoms with E-state index in [2.05, 4.69) is 10.2 Å². The van der Waals surface area contributed by atoms with Crippen molar-refractivity contribution in [2.24, 2.45) is 0 Å². The van der Waals surface area contributed by atoms with E-state index in [4.69, 9.17) is 5.11 Å². The molecule has 2 fully saturated rings. The highest BCUT2D eigenvalue weighted by atomic mass is 19.1. The van der Waals surface area contributed by atoms with Gasteiger partial charge in [-0.3, -0.25) is 9.69 Å². The number of urea groups is 1. The summed E-state index contributed by atoms with van der Waals surface area (Å²) in [6, 6.07) is 5.36. The maximum absolute atomic E-state index is 13.0. The first-order valence-corrected chi connectivity index (χ1v) is 8.51. The number of hydrogen-bond donors (Lipinski definition) is 2. The van der Waals surface area contributed by atoms with Gasteiger partial charge >= 0.3 is 6.03 Å². The van der Waals surface area contributed by atoms with Crippen LogP contribution in [0, 0.1) is 5.82 Å². The second-order valence-electron chi connectivity index (χ2n) is 6.38. The lowest BCUT2D eigenvalue weighted by atomic mass is 10.2. The lowest BCUT2D eigenvalue weighted by Gasteiger charge is -2.34. The molecule has 1 aromatic carbocycles. The van der Waals surface area contributed by atoms with Crippen LogP contribution in [-0.4, -0.2) is 78.8 Å². The number of halogens is 1. The SMILES string of the molecule is O=C(N[C@@H]1CC(=O)N(c2ccc(F)cc2)C1)N1CCN(CCO)CC1. The number of aliphatic hydroxyl groups excluding tert-OH is 1. The molecule has 3 rings (SSSR count). The van der Waals surface area contributed by atoms with Crippen molar-refractivity contribution >= 4 is 17.6 Å². The molecule has 8 heteroatoms. The number of carbonyl (C=O) groups excluding carboxylic acids is 2. The van der Waals surface area contributed by atoms with Gasteiger partial charge in [-0.2, -0.15) is 0 Å². The van der Waals surface area contributed by atoms with Crippen LogP contribution in [0.15, 0.2) is 24.3 Å². The topological polar surface area (TPSA) is 76.1 Å². The van der Waals surface area contributed by atoms with Crippen LogP contribution >= 0.6 is 0 Å². The first-order valence-electron chi connectivity index (χ1n) is 8.51. The third kappa shape index (κ3) is 4.26. The maximum Gasteiger partial charge on any atom is 0.317 e. The third-order valence-corrected chi connectivity index (χ3v) is 4.67. The van der Waals surface area contributed by atoms with Crippen LogP contribution in [0.25, 0.3) is 0 Å². The summed E-state index contributed by atoms with van der Waals surface area (Å²) < 4.78 is 13.0. The standard InChI is InChI=1S/C17H23FN4O3/c18-13-1-3-15(4-2-13)22-12-14(11-16(22)24)19-17(25)21-7-5-20(6-8-21)9-10-23/h1-4,14,23H,5-12H2,(H,19,25)/t14-/m1/s1. The molecule has 2 aliphatic heterocycles. The minimum atomic E-state index is -0.347. The van der Waals surface area contributed by atoms with Gasteiger partial charge in [-0.25, -0.2) is 9.18 Å². The summed E-state index contributed by atoms with van der Waals surface area (Å²) in [5.74, 6) is -0.426. The van der Waals surface area contributed by atoms with E-state index in [0.717, 1.165) is 13.1 Å². The fraction of sp³-hybridized carbons (Fsp3) is 0.529. The average molecular weight is 350 g/mol. The van der Waals surface area contributed by atoms with Crippen molar-refractivity contribution in [2.75, 3.05) is 50.8 Å². The molecular formula is C17H23FN4O3. The molecule has 0 unspecified atom stereocenters. The molecule has 2 aliphatic rings. The third-order valence-electron chi connectivity index (χ3n) is 4.67. The van der Waals surface area contributed by atoms with E-state index in [0.29, 0.717) is 31.9 Å². The maximum atomic E-state index is 13.0. The Bertz CT molecular complexity index is 617. The van der Waals surface area contributed by atoms with Crippen molar-refractivity contribution < 1.29 is 19.1 Å². The van der Waals surface area contributed by atoms with E-state index in [1.54, 1.807) is 21.9 Å². The van der Waals surface area contributed by atoms with Gasteiger partial charge in [-0.05, 0) is 24.3 Å². The van der Waals surface area contributed by atoms with Gasteiger partial charge in [0.1, 0.15) is 5.82 Å². The molecule has 136 valence electrons. The first-order chi connectivity index (χ1) is 12.1. The molecule has 0 bridgehead atoms. The summed E-state index contributed by atoms with van der Waals surface area (Å²) in [7, 11) is 0. The van der Waals surface area contributed by atoms with Gasteiger partial charge in [0.2, 0.25) is 5.91 Å². The van der Waals surface area contributed by atoms with E-state index >= 15 is 0 Å². The lowest BCUT2D eigenvalue weighted by Crippen LogP contribution is -2.54. The summed E-state index contributed by atoms with van der Waals surface area (Å²) in [5.41, 5.74) is 0.640. The van der Waals surface area contributed by atoms with Crippen LogP contribution in [0.4, 0.5) is 14.9 Å². The van der Waals surface area contributed by atoms with Crippen LogP contribution in [0.5, 0.6) is 0 Å². The van der Waals surface area contributed by atoms with Crippen molar-refractivity contribution in [3.63, 3.8) is 0 Å². The minimum Gasteiger partial charge on any atom is -0.395 e. The molecule has 0 saturated carbocycles. The van der Waals surface area contributed by atoms with Crippen LogP contribution in [0.3, 0.4) is 0 Å². The molecular weight excluding hydrogens is 327 g/mol. The van der Waals surface area contributed by atoms with Gasteiger partial charge in [0, 0.05) is 51.4 Å². The molecule has 3 amide bonds. The lowest BCUT2D eigenvalue weighted by molar-refractivity contribution is -0.117. The second-order valence-corrected chi connectivity index (χ2v) is 6.38. The van der Waals surface area contributed by atoms with Crippen molar-refractivity contribution in [1.82, 2.24) is 15.1 Å². The van der Waals surface area contributed by atoms with Crippen LogP contribution in [0.1, 0.15) is 6.42 Å². The van der Waals surface area contributed by atoms with E-state index in [1.807, 2.05) is 0 Å². The number of aliphatic hydroxyl groups is 1. The van der Waals surface area contributed by atoms with Gasteiger partial charge in [-0.15, -0.1) is 0 Å². The van der Waals surface area contributed by atoms with Crippen molar-refractivity contribution in [3.05, 3.63) is 30.1 Å². The number of amides is 3. The Morgan fingerprint density at radius 1 is 1.20 bits per heavy atom. The molecule has 2 N–H and O–H groups in total. The molecule has 1 aromatic rings. The Morgan fingerprint density at radius 3 is 2.52 bits per heavy atom. The first kappa shape index (κ1) is 17.6. The Kier molecular flexibility index (Phi) is 5.50. The van der Waals surface area contributed by atoms with Gasteiger partial charge < -0.3 is 20.2 Å². The van der Waals surface area contributed by atoms with Crippen molar-refractivity contribution in [2.45, 2.75) is 12.5 Å². The summed E-state index contributed by atoms with van der Waals surface area (Å²) in [6.07, 6.45) is 0.244. The van der Waals surface area contributed by atoms with Crippen LogP contribution in [0.2, 0.25) is 0 Å². The fourth-order valence-electron chi connectivity index (χ4n) is 3.26. The van der Waals surface area contributed by atoms with Gasteiger partial charge in [0.05, 0.1) is 12.6 Å². The summed E-state index contributed by atoms with van der Waals surface area (Å²) >= 11 is 0. The summed E-state index contributed by atoms with van der Waals surface area (Å²) in [5, 5.41) is 11.9. The molecule has 7 nitrogen and oxygen atoms in total. The highest BCUT2D eigenvalue weighted by Gasteiger charge is 2.33. The number of hydrogen-bond acceptors (Lipinski definition) is 4. The molecule has 25 heavy (non-hydrogen) atoms. The number of benzene rings is 1. The largest absolute Gasteiger partial charge is 0.395 e. The number of piperazine rings is 1. The zero-order chi connectivity index (χ0) is 17.8. The van der Waals surface area contributed by atoms with Crippen LogP contribution < -0.4 is 10.2 Å². The molecule has 2 saturated heterocycles. The smallest absolute Gasteiger partial charge is 0.317 e. The Hall–Kier alpha value is -2.19. The molecule has 0 aromatic heterocycles.